The van der Waals surface area contributed by atoms with Crippen LogP contribution in [0.25, 0.3) is 0 Å². The molecule has 8 heteroatoms. The lowest BCUT2D eigenvalue weighted by atomic mass is 9.97. The van der Waals surface area contributed by atoms with Crippen molar-refractivity contribution in [1.82, 2.24) is 4.98 Å². The predicted molar refractivity (Wildman–Crippen MR) is 94.3 cm³/mol. The van der Waals surface area contributed by atoms with E-state index in [2.05, 4.69) is 9.88 Å². The molecule has 0 radical (unpaired) electrons. The summed E-state index contributed by atoms with van der Waals surface area (Å²) < 4.78 is 53.8. The van der Waals surface area contributed by atoms with Gasteiger partial charge >= 0.3 is 5.76 Å². The first-order chi connectivity index (χ1) is 12.5. The minimum absolute atomic E-state index is 0.352. The van der Waals surface area contributed by atoms with Crippen molar-refractivity contribution in [3.63, 3.8) is 0 Å². The van der Waals surface area contributed by atoms with Gasteiger partial charge in [-0.3, -0.25) is 0 Å². The van der Waals surface area contributed by atoms with Crippen molar-refractivity contribution < 1.29 is 21.9 Å². The van der Waals surface area contributed by atoms with Gasteiger partial charge in [-0.1, -0.05) is 6.07 Å². The molecule has 3 rings (SSSR count). The van der Waals surface area contributed by atoms with E-state index in [0.717, 1.165) is 31.6 Å². The van der Waals surface area contributed by atoms with Gasteiger partial charge in [0.15, 0.2) is 0 Å². The lowest BCUT2D eigenvalue weighted by Crippen LogP contribution is -2.35. The van der Waals surface area contributed by atoms with Crippen LogP contribution in [0.4, 0.5) is 14.5 Å². The highest BCUT2D eigenvalue weighted by molar-refractivity contribution is 7.91. The molecule has 2 heterocycles. The highest BCUT2D eigenvalue weighted by Crippen LogP contribution is 2.26. The molecule has 1 aliphatic heterocycles. The molecular formula is C18H20F2N2O3S. The Kier molecular flexibility index (Phi) is 5.70. The van der Waals surface area contributed by atoms with E-state index < -0.39 is 15.6 Å². The third-order valence-electron chi connectivity index (χ3n) is 4.48. The summed E-state index contributed by atoms with van der Waals surface area (Å²) in [6, 6.07) is 11.2. The molecule has 1 aromatic heterocycles. The van der Waals surface area contributed by atoms with E-state index in [-0.39, 0.29) is 4.90 Å². The van der Waals surface area contributed by atoms with E-state index in [9.17, 15) is 17.2 Å². The molecule has 1 aliphatic rings. The third kappa shape index (κ3) is 4.30. The van der Waals surface area contributed by atoms with Gasteiger partial charge in [-0.2, -0.15) is 8.78 Å². The molecule has 26 heavy (non-hydrogen) atoms. The molecule has 0 spiro atoms. The lowest BCUT2D eigenvalue weighted by Gasteiger charge is -2.33. The van der Waals surface area contributed by atoms with E-state index in [1.807, 2.05) is 18.2 Å². The Hall–Kier alpha value is -2.22. The molecule has 140 valence electrons. The van der Waals surface area contributed by atoms with Crippen molar-refractivity contribution in [1.29, 1.82) is 0 Å². The first-order valence-electron chi connectivity index (χ1n) is 8.38. The van der Waals surface area contributed by atoms with E-state index in [4.69, 9.17) is 4.74 Å². The van der Waals surface area contributed by atoms with Crippen molar-refractivity contribution in [3.05, 3.63) is 48.7 Å². The standard InChI is InChI=1S/C18H20F2N2O3S/c19-18(20)26(23,24)16-6-4-15(5-7-16)22-11-8-14(9-12-22)13-25-17-3-1-2-10-21-17/h1-7,10,14,18H,8-9,11-13H2. The second-order valence-electron chi connectivity index (χ2n) is 6.21. The van der Waals surface area contributed by atoms with Crippen LogP contribution in [0.15, 0.2) is 53.6 Å². The third-order valence-corrected chi connectivity index (χ3v) is 5.88. The highest BCUT2D eigenvalue weighted by atomic mass is 32.2. The minimum Gasteiger partial charge on any atom is -0.477 e. The van der Waals surface area contributed by atoms with Gasteiger partial charge in [0.2, 0.25) is 15.7 Å². The predicted octanol–water partition coefficient (Wildman–Crippen LogP) is 3.37. The zero-order valence-electron chi connectivity index (χ0n) is 14.1. The lowest BCUT2D eigenvalue weighted by molar-refractivity contribution is 0.216. The van der Waals surface area contributed by atoms with Gasteiger partial charge in [0, 0.05) is 31.0 Å². The van der Waals surface area contributed by atoms with Crippen molar-refractivity contribution in [2.24, 2.45) is 5.92 Å². The topological polar surface area (TPSA) is 59.5 Å². The van der Waals surface area contributed by atoms with E-state index in [1.54, 1.807) is 18.3 Å². The van der Waals surface area contributed by atoms with Gasteiger partial charge in [0.05, 0.1) is 11.5 Å². The molecule has 0 amide bonds. The molecule has 2 aromatic rings. The zero-order chi connectivity index (χ0) is 18.6. The number of sulfone groups is 1. The second kappa shape index (κ2) is 7.99. The molecule has 1 fully saturated rings. The second-order valence-corrected chi connectivity index (χ2v) is 8.13. The van der Waals surface area contributed by atoms with Crippen LogP contribution in [-0.4, -0.2) is 38.9 Å². The van der Waals surface area contributed by atoms with Gasteiger partial charge in [-0.15, -0.1) is 0 Å². The molecule has 5 nitrogen and oxygen atoms in total. The number of anilines is 1. The SMILES string of the molecule is O=S(=O)(c1ccc(N2CCC(COc3ccccn3)CC2)cc1)C(F)F. The van der Waals surface area contributed by atoms with Crippen molar-refractivity contribution in [3.8, 4) is 5.88 Å². The fourth-order valence-electron chi connectivity index (χ4n) is 2.94. The molecule has 1 aromatic carbocycles. The van der Waals surface area contributed by atoms with E-state index in [0.29, 0.717) is 18.4 Å². The van der Waals surface area contributed by atoms with Gasteiger partial charge < -0.3 is 9.64 Å². The number of piperidine rings is 1. The largest absolute Gasteiger partial charge is 0.477 e. The fourth-order valence-corrected chi connectivity index (χ4v) is 3.66. The summed E-state index contributed by atoms with van der Waals surface area (Å²) in [6.45, 7) is 2.21. The Balaban J connectivity index is 1.53. The summed E-state index contributed by atoms with van der Waals surface area (Å²) in [4.78, 5) is 5.90. The van der Waals surface area contributed by atoms with Crippen LogP contribution in [0.5, 0.6) is 5.88 Å². The van der Waals surface area contributed by atoms with Gasteiger partial charge in [-0.05, 0) is 49.1 Å². The molecule has 0 saturated carbocycles. The summed E-state index contributed by atoms with van der Waals surface area (Å²) in [5, 5.41) is 0. The number of ether oxygens (including phenoxy) is 1. The summed E-state index contributed by atoms with van der Waals surface area (Å²) in [5.74, 6) is -2.36. The summed E-state index contributed by atoms with van der Waals surface area (Å²) in [5.41, 5.74) is 0.835. The van der Waals surface area contributed by atoms with Crippen LogP contribution in [0.1, 0.15) is 12.8 Å². The highest BCUT2D eigenvalue weighted by Gasteiger charge is 2.27. The average Bonchev–Trinajstić information content (AvgIpc) is 2.67. The van der Waals surface area contributed by atoms with Crippen LogP contribution < -0.4 is 9.64 Å². The Morgan fingerprint density at radius 2 is 1.81 bits per heavy atom. The summed E-state index contributed by atoms with van der Waals surface area (Å²) in [7, 11) is -4.54. The Morgan fingerprint density at radius 3 is 2.38 bits per heavy atom. The monoisotopic (exact) mass is 382 g/mol. The van der Waals surface area contributed by atoms with E-state index >= 15 is 0 Å². The maximum atomic E-state index is 12.6. The number of benzene rings is 1. The first kappa shape index (κ1) is 18.6. The number of alkyl halides is 2. The Bertz CT molecular complexity index is 806. The maximum Gasteiger partial charge on any atom is 0.341 e. The van der Waals surface area contributed by atoms with Crippen LogP contribution in [0.2, 0.25) is 0 Å². The first-order valence-corrected chi connectivity index (χ1v) is 9.92. The Labute approximate surface area is 151 Å². The minimum atomic E-state index is -4.54. The van der Waals surface area contributed by atoms with Crippen molar-refractivity contribution in [2.75, 3.05) is 24.6 Å². The number of rotatable bonds is 6. The molecule has 0 bridgehead atoms. The van der Waals surface area contributed by atoms with E-state index in [1.165, 1.54) is 12.1 Å². The van der Waals surface area contributed by atoms with Gasteiger partial charge in [0.1, 0.15) is 0 Å². The normalized spacial score (nSPS) is 16.0. The number of pyridine rings is 1. The fraction of sp³-hybridized carbons (Fsp3) is 0.389. The number of nitrogens with zero attached hydrogens (tertiary/aromatic N) is 2. The summed E-state index contributed by atoms with van der Waals surface area (Å²) in [6.07, 6.45) is 3.56. The molecule has 0 atom stereocenters. The quantitative estimate of drug-likeness (QED) is 0.767. The maximum absolute atomic E-state index is 12.6. The Morgan fingerprint density at radius 1 is 1.12 bits per heavy atom. The van der Waals surface area contributed by atoms with Crippen LogP contribution in [0, 0.1) is 5.92 Å². The van der Waals surface area contributed by atoms with Crippen molar-refractivity contribution in [2.45, 2.75) is 23.5 Å². The molecule has 1 saturated heterocycles. The number of aromatic nitrogens is 1. The molecular weight excluding hydrogens is 362 g/mol. The zero-order valence-corrected chi connectivity index (χ0v) is 14.9. The average molecular weight is 382 g/mol. The number of halogens is 2. The van der Waals surface area contributed by atoms with Crippen LogP contribution in [-0.2, 0) is 9.84 Å². The van der Waals surface area contributed by atoms with Crippen LogP contribution in [0.3, 0.4) is 0 Å². The van der Waals surface area contributed by atoms with Gasteiger partial charge in [0.25, 0.3) is 0 Å². The smallest absolute Gasteiger partial charge is 0.341 e. The van der Waals surface area contributed by atoms with Gasteiger partial charge in [-0.25, -0.2) is 13.4 Å². The summed E-state index contributed by atoms with van der Waals surface area (Å²) >= 11 is 0. The molecule has 0 N–H and O–H groups in total. The number of hydrogen-bond donors (Lipinski definition) is 0. The van der Waals surface area contributed by atoms with Crippen molar-refractivity contribution >= 4 is 15.5 Å². The van der Waals surface area contributed by atoms with Crippen LogP contribution >= 0.6 is 0 Å². The molecule has 0 aliphatic carbocycles. The molecule has 0 unspecified atom stereocenters. The number of hydrogen-bond acceptors (Lipinski definition) is 5.